The molecule has 0 aliphatic carbocycles. The van der Waals surface area contributed by atoms with Gasteiger partial charge in [-0.1, -0.05) is 24.3 Å². The number of aromatic nitrogens is 3. The largest absolute Gasteiger partial charge is 0.469 e. The van der Waals surface area contributed by atoms with E-state index >= 15 is 0 Å². The number of rotatable bonds is 6. The molecule has 0 atom stereocenters. The smallest absolute Gasteiger partial charge is 0.307 e. The van der Waals surface area contributed by atoms with Crippen molar-refractivity contribution in [3.63, 3.8) is 0 Å². The summed E-state index contributed by atoms with van der Waals surface area (Å²) in [4.78, 5) is 35.1. The van der Waals surface area contributed by atoms with Gasteiger partial charge in [-0.05, 0) is 11.6 Å². The highest BCUT2D eigenvalue weighted by Crippen LogP contribution is 2.20. The number of fused-ring (bicyclic) bond motifs is 1. The molecule has 0 saturated carbocycles. The second-order valence-corrected chi connectivity index (χ2v) is 5.66. The van der Waals surface area contributed by atoms with Gasteiger partial charge in [0.25, 0.3) is 5.91 Å². The first-order valence-electron chi connectivity index (χ1n) is 8.11. The lowest BCUT2D eigenvalue weighted by molar-refractivity contribution is -0.140. The van der Waals surface area contributed by atoms with Crippen molar-refractivity contribution in [3.05, 3.63) is 47.7 Å². The van der Waals surface area contributed by atoms with Crippen LogP contribution in [0.5, 0.6) is 0 Å². The van der Waals surface area contributed by atoms with Crippen LogP contribution in [-0.4, -0.2) is 40.5 Å². The lowest BCUT2D eigenvalue weighted by atomic mass is 10.1. The normalized spacial score (nSPS) is 10.7. The van der Waals surface area contributed by atoms with Gasteiger partial charge in [0.1, 0.15) is 5.82 Å². The fourth-order valence-electron chi connectivity index (χ4n) is 2.44. The van der Waals surface area contributed by atoms with E-state index in [2.05, 4.69) is 25.0 Å². The second kappa shape index (κ2) is 7.75. The predicted octanol–water partition coefficient (Wildman–Crippen LogP) is 1.38. The van der Waals surface area contributed by atoms with Crippen LogP contribution in [0, 0.1) is 0 Å². The van der Waals surface area contributed by atoms with Crippen LogP contribution in [0.15, 0.2) is 36.5 Å². The zero-order valence-corrected chi connectivity index (χ0v) is 14.3. The van der Waals surface area contributed by atoms with Gasteiger partial charge < -0.3 is 20.8 Å². The Bertz CT molecular complexity index is 934. The Morgan fingerprint density at radius 2 is 2.04 bits per heavy atom. The number of hydrogen-bond acceptors (Lipinski definition) is 6. The Balaban J connectivity index is 1.76. The SMILES string of the molecule is COC(=O)CCNC(=O)c1cnc2nc(-c3ccc(CN)cc3)[nH]c2c1. The van der Waals surface area contributed by atoms with Gasteiger partial charge in [-0.25, -0.2) is 9.97 Å². The van der Waals surface area contributed by atoms with E-state index in [1.165, 1.54) is 13.3 Å². The van der Waals surface area contributed by atoms with Crippen LogP contribution in [-0.2, 0) is 16.1 Å². The highest BCUT2D eigenvalue weighted by molar-refractivity contribution is 5.96. The molecule has 0 aliphatic rings. The third kappa shape index (κ3) is 3.86. The van der Waals surface area contributed by atoms with Crippen LogP contribution >= 0.6 is 0 Å². The molecule has 8 heteroatoms. The van der Waals surface area contributed by atoms with Crippen LogP contribution < -0.4 is 11.1 Å². The summed E-state index contributed by atoms with van der Waals surface area (Å²) < 4.78 is 4.53. The molecule has 3 aromatic rings. The van der Waals surface area contributed by atoms with E-state index < -0.39 is 0 Å². The highest BCUT2D eigenvalue weighted by atomic mass is 16.5. The van der Waals surface area contributed by atoms with Crippen molar-refractivity contribution in [3.8, 4) is 11.4 Å². The summed E-state index contributed by atoms with van der Waals surface area (Å²) in [6, 6.07) is 9.42. The lowest BCUT2D eigenvalue weighted by Crippen LogP contribution is -2.26. The van der Waals surface area contributed by atoms with Gasteiger partial charge in [-0.15, -0.1) is 0 Å². The van der Waals surface area contributed by atoms with Crippen LogP contribution in [0.25, 0.3) is 22.6 Å². The predicted molar refractivity (Wildman–Crippen MR) is 96.2 cm³/mol. The minimum Gasteiger partial charge on any atom is -0.469 e. The van der Waals surface area contributed by atoms with Gasteiger partial charge in [0.05, 0.1) is 24.6 Å². The van der Waals surface area contributed by atoms with Crippen molar-refractivity contribution in [1.82, 2.24) is 20.3 Å². The number of esters is 1. The topological polar surface area (TPSA) is 123 Å². The van der Waals surface area contributed by atoms with E-state index in [1.807, 2.05) is 24.3 Å². The van der Waals surface area contributed by atoms with Crippen LogP contribution in [0.3, 0.4) is 0 Å². The van der Waals surface area contributed by atoms with Crippen molar-refractivity contribution in [2.75, 3.05) is 13.7 Å². The van der Waals surface area contributed by atoms with Gasteiger partial charge in [0.2, 0.25) is 0 Å². The summed E-state index contributed by atoms with van der Waals surface area (Å²) in [5.74, 6) is -0.0242. The van der Waals surface area contributed by atoms with E-state index in [0.717, 1.165) is 11.1 Å². The van der Waals surface area contributed by atoms with E-state index in [1.54, 1.807) is 6.07 Å². The number of aromatic amines is 1. The number of pyridine rings is 1. The Labute approximate surface area is 149 Å². The number of benzene rings is 1. The molecule has 134 valence electrons. The first-order valence-corrected chi connectivity index (χ1v) is 8.11. The van der Waals surface area contributed by atoms with Crippen LogP contribution in [0.2, 0.25) is 0 Å². The molecule has 1 amide bonds. The minimum absolute atomic E-state index is 0.116. The number of ether oxygens (including phenoxy) is 1. The fraction of sp³-hybridized carbons (Fsp3) is 0.222. The summed E-state index contributed by atoms with van der Waals surface area (Å²) in [6.07, 6.45) is 1.57. The number of carbonyl (C=O) groups is 2. The molecule has 0 unspecified atom stereocenters. The number of nitrogens with one attached hydrogen (secondary N) is 2. The van der Waals surface area contributed by atoms with Gasteiger partial charge >= 0.3 is 5.97 Å². The highest BCUT2D eigenvalue weighted by Gasteiger charge is 2.11. The van der Waals surface area contributed by atoms with Gasteiger partial charge in [-0.2, -0.15) is 0 Å². The molecule has 0 fully saturated rings. The van der Waals surface area contributed by atoms with Crippen molar-refractivity contribution in [2.24, 2.45) is 5.73 Å². The Morgan fingerprint density at radius 3 is 2.73 bits per heavy atom. The number of carbonyl (C=O) groups excluding carboxylic acids is 2. The molecule has 4 N–H and O–H groups in total. The van der Waals surface area contributed by atoms with Gasteiger partial charge in [-0.3, -0.25) is 9.59 Å². The number of amides is 1. The monoisotopic (exact) mass is 353 g/mol. The molecule has 8 nitrogen and oxygen atoms in total. The zero-order valence-electron chi connectivity index (χ0n) is 14.3. The summed E-state index contributed by atoms with van der Waals surface area (Å²) in [5, 5.41) is 2.65. The molecule has 0 radical (unpaired) electrons. The molecular weight excluding hydrogens is 334 g/mol. The summed E-state index contributed by atoms with van der Waals surface area (Å²) >= 11 is 0. The van der Waals surface area contributed by atoms with Crippen LogP contribution in [0.4, 0.5) is 0 Å². The molecule has 3 rings (SSSR count). The van der Waals surface area contributed by atoms with Gasteiger partial charge in [0.15, 0.2) is 5.65 Å². The summed E-state index contributed by atoms with van der Waals surface area (Å²) in [5.41, 5.74) is 9.11. The quantitative estimate of drug-likeness (QED) is 0.575. The molecule has 0 saturated heterocycles. The third-order valence-corrected chi connectivity index (χ3v) is 3.91. The molecule has 0 spiro atoms. The number of methoxy groups -OCH3 is 1. The average Bonchev–Trinajstić information content (AvgIpc) is 3.11. The molecule has 0 bridgehead atoms. The Kier molecular flexibility index (Phi) is 5.23. The molecule has 0 aliphatic heterocycles. The first-order chi connectivity index (χ1) is 12.6. The second-order valence-electron chi connectivity index (χ2n) is 5.66. The number of hydrogen-bond donors (Lipinski definition) is 3. The van der Waals surface area contributed by atoms with E-state index in [0.29, 0.717) is 29.1 Å². The third-order valence-electron chi connectivity index (χ3n) is 3.91. The van der Waals surface area contributed by atoms with E-state index in [9.17, 15) is 9.59 Å². The number of H-pyrrole nitrogens is 1. The van der Waals surface area contributed by atoms with E-state index in [-0.39, 0.29) is 24.8 Å². The van der Waals surface area contributed by atoms with Gasteiger partial charge in [0, 0.05) is 24.8 Å². The maximum atomic E-state index is 12.2. The minimum atomic E-state index is -0.377. The standard InChI is InChI=1S/C18H19N5O3/c1-26-15(24)6-7-20-18(25)13-8-14-17(21-10-13)23-16(22-14)12-4-2-11(9-19)3-5-12/h2-5,8,10H,6-7,9,19H2,1H3,(H,20,25)(H,21,22,23). The molecule has 1 aromatic carbocycles. The lowest BCUT2D eigenvalue weighted by Gasteiger charge is -2.03. The molecule has 2 aromatic heterocycles. The summed E-state index contributed by atoms with van der Waals surface area (Å²) in [6.45, 7) is 0.682. The molecular formula is C18H19N5O3. The summed E-state index contributed by atoms with van der Waals surface area (Å²) in [7, 11) is 1.31. The van der Waals surface area contributed by atoms with E-state index in [4.69, 9.17) is 5.73 Å². The maximum Gasteiger partial charge on any atom is 0.307 e. The zero-order chi connectivity index (χ0) is 18.5. The van der Waals surface area contributed by atoms with Crippen molar-refractivity contribution in [2.45, 2.75) is 13.0 Å². The maximum absolute atomic E-state index is 12.2. The average molecular weight is 353 g/mol. The van der Waals surface area contributed by atoms with Crippen molar-refractivity contribution in [1.29, 1.82) is 0 Å². The number of imidazole rings is 1. The number of nitrogens with two attached hydrogens (primary N) is 1. The fourth-order valence-corrected chi connectivity index (χ4v) is 2.44. The first kappa shape index (κ1) is 17.6. The number of nitrogens with zero attached hydrogens (tertiary/aromatic N) is 2. The van der Waals surface area contributed by atoms with Crippen molar-refractivity contribution >= 4 is 23.0 Å². The van der Waals surface area contributed by atoms with Crippen molar-refractivity contribution < 1.29 is 14.3 Å². The molecule has 26 heavy (non-hydrogen) atoms. The Hall–Kier alpha value is -3.26. The Morgan fingerprint density at radius 1 is 1.27 bits per heavy atom. The van der Waals surface area contributed by atoms with Crippen LogP contribution in [0.1, 0.15) is 22.3 Å². The molecule has 2 heterocycles.